The molecule has 0 radical (unpaired) electrons. The number of carbonyl (C=O) groups excluding carboxylic acids is 1. The summed E-state index contributed by atoms with van der Waals surface area (Å²) >= 11 is 6.11. The van der Waals surface area contributed by atoms with E-state index < -0.39 is 5.60 Å². The van der Waals surface area contributed by atoms with Crippen molar-refractivity contribution in [2.75, 3.05) is 31.1 Å². The molecule has 1 aliphatic rings. The van der Waals surface area contributed by atoms with Gasteiger partial charge >= 0.3 is 6.09 Å². The zero-order chi connectivity index (χ0) is 17.0. The Morgan fingerprint density at radius 1 is 1.26 bits per heavy atom. The molecule has 124 valence electrons. The number of hydrogen-bond donors (Lipinski definition) is 0. The molecule has 1 heterocycles. The highest BCUT2D eigenvalue weighted by Crippen LogP contribution is 2.24. The quantitative estimate of drug-likeness (QED) is 0.786. The molecule has 1 fully saturated rings. The SMILES string of the molecule is CC(C)(C)OC(=O)N1CCCN(c2ccc(C#N)c(Cl)c2)CC1. The van der Waals surface area contributed by atoms with Crippen molar-refractivity contribution in [3.63, 3.8) is 0 Å². The van der Waals surface area contributed by atoms with E-state index in [1.807, 2.05) is 32.9 Å². The number of nitrogens with zero attached hydrogens (tertiary/aromatic N) is 3. The first kappa shape index (κ1) is 17.4. The number of benzene rings is 1. The Hall–Kier alpha value is -1.93. The van der Waals surface area contributed by atoms with Crippen molar-refractivity contribution >= 4 is 23.4 Å². The van der Waals surface area contributed by atoms with Crippen molar-refractivity contribution in [2.45, 2.75) is 32.8 Å². The molecule has 0 unspecified atom stereocenters. The highest BCUT2D eigenvalue weighted by atomic mass is 35.5. The lowest BCUT2D eigenvalue weighted by Crippen LogP contribution is -2.39. The third kappa shape index (κ3) is 4.77. The lowest BCUT2D eigenvalue weighted by molar-refractivity contribution is 0.0263. The number of anilines is 1. The molecule has 0 aliphatic carbocycles. The summed E-state index contributed by atoms with van der Waals surface area (Å²) in [5, 5.41) is 9.40. The second kappa shape index (κ2) is 7.10. The van der Waals surface area contributed by atoms with Gasteiger partial charge in [0.2, 0.25) is 0 Å². The molecule has 1 saturated heterocycles. The van der Waals surface area contributed by atoms with Crippen LogP contribution in [0.3, 0.4) is 0 Å². The van der Waals surface area contributed by atoms with Crippen LogP contribution in [0, 0.1) is 11.3 Å². The molecule has 0 spiro atoms. The number of amides is 1. The Morgan fingerprint density at radius 3 is 2.61 bits per heavy atom. The fourth-order valence-corrected chi connectivity index (χ4v) is 2.69. The van der Waals surface area contributed by atoms with E-state index in [1.54, 1.807) is 11.0 Å². The Bertz CT molecular complexity index is 619. The summed E-state index contributed by atoms with van der Waals surface area (Å²) < 4.78 is 5.43. The molecule has 1 aromatic carbocycles. The van der Waals surface area contributed by atoms with Gasteiger partial charge in [0.05, 0.1) is 10.6 Å². The minimum Gasteiger partial charge on any atom is -0.444 e. The normalized spacial score (nSPS) is 15.8. The van der Waals surface area contributed by atoms with Gasteiger partial charge in [0.15, 0.2) is 0 Å². The van der Waals surface area contributed by atoms with E-state index in [9.17, 15) is 4.79 Å². The summed E-state index contributed by atoms with van der Waals surface area (Å²) in [5.41, 5.74) is 0.963. The van der Waals surface area contributed by atoms with Gasteiger partial charge in [0, 0.05) is 31.9 Å². The molecule has 23 heavy (non-hydrogen) atoms. The summed E-state index contributed by atoms with van der Waals surface area (Å²) in [4.78, 5) is 16.1. The third-order valence-electron chi connectivity index (χ3n) is 3.59. The largest absolute Gasteiger partial charge is 0.444 e. The van der Waals surface area contributed by atoms with Crippen LogP contribution in [0.25, 0.3) is 0 Å². The Morgan fingerprint density at radius 2 is 2.00 bits per heavy atom. The summed E-state index contributed by atoms with van der Waals surface area (Å²) in [7, 11) is 0. The van der Waals surface area contributed by atoms with Crippen LogP contribution in [0.1, 0.15) is 32.8 Å². The van der Waals surface area contributed by atoms with Crippen LogP contribution in [-0.2, 0) is 4.74 Å². The maximum atomic E-state index is 12.2. The third-order valence-corrected chi connectivity index (χ3v) is 3.90. The molecule has 0 bridgehead atoms. The fourth-order valence-electron chi connectivity index (χ4n) is 2.48. The topological polar surface area (TPSA) is 56.6 Å². The number of ether oxygens (including phenoxy) is 1. The molecule has 1 amide bonds. The molecular formula is C17H22ClN3O2. The van der Waals surface area contributed by atoms with Crippen molar-refractivity contribution in [2.24, 2.45) is 0 Å². The predicted octanol–water partition coefficient (Wildman–Crippen LogP) is 3.66. The summed E-state index contributed by atoms with van der Waals surface area (Å²) in [6, 6.07) is 7.50. The van der Waals surface area contributed by atoms with Gasteiger partial charge in [-0.15, -0.1) is 0 Å². The Labute approximate surface area is 142 Å². The average Bonchev–Trinajstić information content (AvgIpc) is 2.71. The molecular weight excluding hydrogens is 314 g/mol. The molecule has 5 nitrogen and oxygen atoms in total. The lowest BCUT2D eigenvalue weighted by atomic mass is 10.2. The summed E-state index contributed by atoms with van der Waals surface area (Å²) in [6.07, 6.45) is 0.592. The maximum absolute atomic E-state index is 12.2. The van der Waals surface area contributed by atoms with Crippen LogP contribution in [0.5, 0.6) is 0 Å². The van der Waals surface area contributed by atoms with Gasteiger partial charge in [-0.3, -0.25) is 0 Å². The van der Waals surface area contributed by atoms with E-state index in [1.165, 1.54) is 0 Å². The van der Waals surface area contributed by atoms with E-state index in [0.717, 1.165) is 18.7 Å². The van der Waals surface area contributed by atoms with E-state index >= 15 is 0 Å². The maximum Gasteiger partial charge on any atom is 0.410 e. The Balaban J connectivity index is 2.03. The lowest BCUT2D eigenvalue weighted by Gasteiger charge is -2.27. The minimum atomic E-state index is -0.482. The van der Waals surface area contributed by atoms with Gasteiger partial charge in [-0.1, -0.05) is 11.6 Å². The molecule has 2 rings (SSSR count). The van der Waals surface area contributed by atoms with Gasteiger partial charge in [-0.2, -0.15) is 5.26 Å². The molecule has 0 aromatic heterocycles. The van der Waals surface area contributed by atoms with Crippen LogP contribution in [0.15, 0.2) is 18.2 Å². The number of rotatable bonds is 1. The monoisotopic (exact) mass is 335 g/mol. The zero-order valence-electron chi connectivity index (χ0n) is 13.8. The molecule has 0 saturated carbocycles. The zero-order valence-corrected chi connectivity index (χ0v) is 14.6. The van der Waals surface area contributed by atoms with E-state index in [0.29, 0.717) is 30.2 Å². The molecule has 1 aromatic rings. The van der Waals surface area contributed by atoms with Gasteiger partial charge in [0.25, 0.3) is 0 Å². The molecule has 1 aliphatic heterocycles. The number of hydrogen-bond acceptors (Lipinski definition) is 4. The summed E-state index contributed by atoms with van der Waals surface area (Å²) in [5.74, 6) is 0. The summed E-state index contributed by atoms with van der Waals surface area (Å²) in [6.45, 7) is 8.43. The average molecular weight is 336 g/mol. The van der Waals surface area contributed by atoms with E-state index in [2.05, 4.69) is 11.0 Å². The van der Waals surface area contributed by atoms with Crippen molar-refractivity contribution < 1.29 is 9.53 Å². The van der Waals surface area contributed by atoms with Crippen molar-refractivity contribution in [1.82, 2.24) is 4.90 Å². The van der Waals surface area contributed by atoms with Crippen LogP contribution >= 0.6 is 11.6 Å². The second-order valence-corrected chi connectivity index (χ2v) is 6.99. The fraction of sp³-hybridized carbons (Fsp3) is 0.529. The second-order valence-electron chi connectivity index (χ2n) is 6.58. The van der Waals surface area contributed by atoms with E-state index in [4.69, 9.17) is 21.6 Å². The van der Waals surface area contributed by atoms with Gasteiger partial charge in [-0.05, 0) is 45.4 Å². The van der Waals surface area contributed by atoms with Crippen LogP contribution in [0.4, 0.5) is 10.5 Å². The molecule has 0 N–H and O–H groups in total. The van der Waals surface area contributed by atoms with Crippen molar-refractivity contribution in [3.8, 4) is 6.07 Å². The smallest absolute Gasteiger partial charge is 0.410 e. The predicted molar refractivity (Wildman–Crippen MR) is 90.8 cm³/mol. The van der Waals surface area contributed by atoms with Gasteiger partial charge < -0.3 is 14.5 Å². The standard InChI is InChI=1S/C17H22ClN3O2/c1-17(2,3)23-16(22)21-8-4-7-20(9-10-21)14-6-5-13(12-19)15(18)11-14/h5-6,11H,4,7-10H2,1-3H3. The van der Waals surface area contributed by atoms with Crippen LogP contribution < -0.4 is 4.90 Å². The van der Waals surface area contributed by atoms with Crippen molar-refractivity contribution in [3.05, 3.63) is 28.8 Å². The van der Waals surface area contributed by atoms with E-state index in [-0.39, 0.29) is 6.09 Å². The first-order chi connectivity index (χ1) is 10.8. The first-order valence-corrected chi connectivity index (χ1v) is 8.10. The number of carbonyl (C=O) groups is 1. The van der Waals surface area contributed by atoms with Crippen LogP contribution in [-0.4, -0.2) is 42.8 Å². The van der Waals surface area contributed by atoms with Crippen molar-refractivity contribution in [1.29, 1.82) is 5.26 Å². The van der Waals surface area contributed by atoms with Gasteiger partial charge in [0.1, 0.15) is 11.7 Å². The minimum absolute atomic E-state index is 0.266. The number of halogens is 1. The molecule has 6 heteroatoms. The van der Waals surface area contributed by atoms with Crippen LogP contribution in [0.2, 0.25) is 5.02 Å². The first-order valence-electron chi connectivity index (χ1n) is 7.73. The number of nitriles is 1. The Kier molecular flexibility index (Phi) is 5.38. The highest BCUT2D eigenvalue weighted by molar-refractivity contribution is 6.32. The van der Waals surface area contributed by atoms with Gasteiger partial charge in [-0.25, -0.2) is 4.79 Å². The highest BCUT2D eigenvalue weighted by Gasteiger charge is 2.24. The molecule has 0 atom stereocenters.